The summed E-state index contributed by atoms with van der Waals surface area (Å²) in [6.45, 7) is 4.61. The maximum Gasteiger partial charge on any atom is 0.326 e. The van der Waals surface area contributed by atoms with Crippen molar-refractivity contribution < 1.29 is 29.1 Å². The van der Waals surface area contributed by atoms with Crippen LogP contribution < -0.4 is 38.9 Å². The van der Waals surface area contributed by atoms with Gasteiger partial charge in [0, 0.05) is 0 Å². The number of nitrogens with one attached hydrogen (secondary N) is 3. The Morgan fingerprint density at radius 1 is 0.743 bits per heavy atom. The molecular formula is C22H43N7O6. The lowest BCUT2D eigenvalue weighted by Crippen LogP contribution is -2.57. The van der Waals surface area contributed by atoms with Crippen LogP contribution in [0.25, 0.3) is 0 Å². The van der Waals surface area contributed by atoms with Crippen LogP contribution in [0, 0.1) is 5.92 Å². The number of amides is 4. The lowest BCUT2D eigenvalue weighted by molar-refractivity contribution is -0.143. The van der Waals surface area contributed by atoms with Gasteiger partial charge in [0.1, 0.15) is 18.1 Å². The summed E-state index contributed by atoms with van der Waals surface area (Å²) >= 11 is 0. The highest BCUT2D eigenvalue weighted by atomic mass is 16.4. The Balaban J connectivity index is 5.46. The molecule has 4 atom stereocenters. The Labute approximate surface area is 206 Å². The molecule has 0 spiro atoms. The second-order valence-corrected chi connectivity index (χ2v) is 9.00. The summed E-state index contributed by atoms with van der Waals surface area (Å²) in [4.78, 5) is 60.9. The number of primary amides is 1. The van der Waals surface area contributed by atoms with Crippen molar-refractivity contribution in [2.24, 2.45) is 28.9 Å². The molecule has 12 N–H and O–H groups in total. The summed E-state index contributed by atoms with van der Waals surface area (Å²) in [6.07, 6.45) is 2.75. The van der Waals surface area contributed by atoms with Crippen LogP contribution in [0.4, 0.5) is 0 Å². The molecular weight excluding hydrogens is 458 g/mol. The van der Waals surface area contributed by atoms with Crippen molar-refractivity contribution >= 4 is 29.6 Å². The van der Waals surface area contributed by atoms with E-state index in [4.69, 9.17) is 22.9 Å². The van der Waals surface area contributed by atoms with Crippen molar-refractivity contribution in [1.82, 2.24) is 16.0 Å². The SMILES string of the molecule is CC(C)CC(NC(=O)C(N)CCCCN)C(=O)NC(CCCCN)C(=O)NC(CC(N)=O)C(=O)O. The van der Waals surface area contributed by atoms with Gasteiger partial charge in [-0.15, -0.1) is 0 Å². The zero-order valence-corrected chi connectivity index (χ0v) is 20.8. The Bertz CT molecular complexity index is 704. The van der Waals surface area contributed by atoms with E-state index in [2.05, 4.69) is 16.0 Å². The number of carboxylic acid groups (broad SMARTS) is 1. The Morgan fingerprint density at radius 3 is 1.71 bits per heavy atom. The van der Waals surface area contributed by atoms with Crippen LogP contribution in [0.15, 0.2) is 0 Å². The molecule has 0 saturated heterocycles. The van der Waals surface area contributed by atoms with Crippen LogP contribution in [0.2, 0.25) is 0 Å². The van der Waals surface area contributed by atoms with E-state index in [-0.39, 0.29) is 12.3 Å². The first-order chi connectivity index (χ1) is 16.4. The molecule has 0 aromatic rings. The monoisotopic (exact) mass is 501 g/mol. The van der Waals surface area contributed by atoms with Crippen LogP contribution in [0.5, 0.6) is 0 Å². The summed E-state index contributed by atoms with van der Waals surface area (Å²) in [6, 6.07) is -4.40. The summed E-state index contributed by atoms with van der Waals surface area (Å²) in [7, 11) is 0. The number of nitrogens with two attached hydrogens (primary N) is 4. The number of unbranched alkanes of at least 4 members (excludes halogenated alkanes) is 2. The number of carbonyl (C=O) groups is 5. The number of carbonyl (C=O) groups excluding carboxylic acids is 4. The molecule has 202 valence electrons. The van der Waals surface area contributed by atoms with E-state index < -0.39 is 60.2 Å². The number of carboxylic acids is 1. The first-order valence-corrected chi connectivity index (χ1v) is 12.0. The molecule has 0 heterocycles. The van der Waals surface area contributed by atoms with Crippen molar-refractivity contribution in [1.29, 1.82) is 0 Å². The average molecular weight is 502 g/mol. The smallest absolute Gasteiger partial charge is 0.326 e. The van der Waals surface area contributed by atoms with Gasteiger partial charge in [0.15, 0.2) is 0 Å². The normalized spacial score (nSPS) is 14.5. The van der Waals surface area contributed by atoms with Gasteiger partial charge in [-0.3, -0.25) is 19.2 Å². The van der Waals surface area contributed by atoms with Crippen LogP contribution in [-0.4, -0.2) is 72.0 Å². The summed E-state index contributed by atoms with van der Waals surface area (Å²) in [5.41, 5.74) is 22.0. The van der Waals surface area contributed by atoms with Gasteiger partial charge in [-0.2, -0.15) is 0 Å². The predicted octanol–water partition coefficient (Wildman–Crippen LogP) is -1.97. The first kappa shape index (κ1) is 32.2. The zero-order chi connectivity index (χ0) is 27.0. The molecule has 13 nitrogen and oxygen atoms in total. The van der Waals surface area contributed by atoms with E-state index in [0.29, 0.717) is 45.2 Å². The highest BCUT2D eigenvalue weighted by Crippen LogP contribution is 2.09. The van der Waals surface area contributed by atoms with Crippen molar-refractivity contribution in [2.45, 2.75) is 89.4 Å². The average Bonchev–Trinajstić information content (AvgIpc) is 2.76. The van der Waals surface area contributed by atoms with E-state index >= 15 is 0 Å². The third-order valence-corrected chi connectivity index (χ3v) is 5.25. The van der Waals surface area contributed by atoms with E-state index in [1.807, 2.05) is 13.8 Å². The minimum atomic E-state index is -1.54. The Hall–Kier alpha value is -2.77. The van der Waals surface area contributed by atoms with Crippen LogP contribution in [0.3, 0.4) is 0 Å². The molecule has 0 bridgehead atoms. The first-order valence-electron chi connectivity index (χ1n) is 12.0. The van der Waals surface area contributed by atoms with Gasteiger partial charge in [-0.05, 0) is 57.5 Å². The topological polar surface area (TPSA) is 246 Å². The fourth-order valence-electron chi connectivity index (χ4n) is 3.33. The van der Waals surface area contributed by atoms with Crippen molar-refractivity contribution in [3.63, 3.8) is 0 Å². The number of rotatable bonds is 19. The van der Waals surface area contributed by atoms with Crippen LogP contribution in [-0.2, 0) is 24.0 Å². The molecule has 0 fully saturated rings. The zero-order valence-electron chi connectivity index (χ0n) is 20.8. The minimum absolute atomic E-state index is 0.0380. The molecule has 35 heavy (non-hydrogen) atoms. The number of hydrogen-bond acceptors (Lipinski definition) is 8. The summed E-state index contributed by atoms with van der Waals surface area (Å²) < 4.78 is 0. The minimum Gasteiger partial charge on any atom is -0.480 e. The van der Waals surface area contributed by atoms with Gasteiger partial charge >= 0.3 is 5.97 Å². The standard InChI is InChI=1S/C22H43N7O6/c1-13(2)11-16(28-19(31)14(25)7-3-5-9-23)21(33)27-15(8-4-6-10-24)20(32)29-17(22(34)35)12-18(26)30/h13-17H,3-12,23-25H2,1-2H3,(H2,26,30)(H,27,33)(H,28,31)(H,29,32)(H,34,35). The van der Waals surface area contributed by atoms with Gasteiger partial charge in [-0.1, -0.05) is 20.3 Å². The molecule has 0 aromatic heterocycles. The molecule has 13 heteroatoms. The molecule has 4 unspecified atom stereocenters. The summed E-state index contributed by atoms with van der Waals surface area (Å²) in [5, 5.41) is 16.8. The molecule has 4 amide bonds. The molecule has 0 aliphatic carbocycles. The molecule has 0 rings (SSSR count). The summed E-state index contributed by atoms with van der Waals surface area (Å²) in [5.74, 6) is -4.16. The maximum absolute atomic E-state index is 13.1. The quantitative estimate of drug-likeness (QED) is 0.0913. The molecule has 0 aliphatic rings. The highest BCUT2D eigenvalue weighted by Gasteiger charge is 2.31. The van der Waals surface area contributed by atoms with Crippen molar-refractivity contribution in [3.05, 3.63) is 0 Å². The van der Waals surface area contributed by atoms with Crippen molar-refractivity contribution in [2.75, 3.05) is 13.1 Å². The Kier molecular flexibility index (Phi) is 16.2. The van der Waals surface area contributed by atoms with E-state index in [0.717, 1.165) is 6.42 Å². The van der Waals surface area contributed by atoms with E-state index in [9.17, 15) is 29.1 Å². The highest BCUT2D eigenvalue weighted by molar-refractivity contribution is 5.94. The van der Waals surface area contributed by atoms with Crippen molar-refractivity contribution in [3.8, 4) is 0 Å². The second kappa shape index (κ2) is 17.6. The molecule has 0 aliphatic heterocycles. The fraction of sp³-hybridized carbons (Fsp3) is 0.773. The van der Waals surface area contributed by atoms with Gasteiger partial charge in [0.25, 0.3) is 0 Å². The van der Waals surface area contributed by atoms with Crippen LogP contribution in [0.1, 0.15) is 65.2 Å². The third kappa shape index (κ3) is 14.3. The van der Waals surface area contributed by atoms with E-state index in [1.54, 1.807) is 0 Å². The lowest BCUT2D eigenvalue weighted by atomic mass is 10.0. The van der Waals surface area contributed by atoms with Gasteiger partial charge in [0.2, 0.25) is 23.6 Å². The van der Waals surface area contributed by atoms with Gasteiger partial charge < -0.3 is 44.0 Å². The molecule has 0 aromatic carbocycles. The Morgan fingerprint density at radius 2 is 1.23 bits per heavy atom. The van der Waals surface area contributed by atoms with Gasteiger partial charge in [-0.25, -0.2) is 4.79 Å². The maximum atomic E-state index is 13.1. The third-order valence-electron chi connectivity index (χ3n) is 5.25. The molecule has 0 saturated carbocycles. The van der Waals surface area contributed by atoms with Gasteiger partial charge in [0.05, 0.1) is 12.5 Å². The predicted molar refractivity (Wildman–Crippen MR) is 130 cm³/mol. The molecule has 0 radical (unpaired) electrons. The largest absolute Gasteiger partial charge is 0.480 e. The van der Waals surface area contributed by atoms with E-state index in [1.165, 1.54) is 0 Å². The number of hydrogen-bond donors (Lipinski definition) is 8. The number of aliphatic carboxylic acids is 1. The lowest BCUT2D eigenvalue weighted by Gasteiger charge is -2.26. The fourth-order valence-corrected chi connectivity index (χ4v) is 3.33. The second-order valence-electron chi connectivity index (χ2n) is 9.00. The van der Waals surface area contributed by atoms with Crippen LogP contribution >= 0.6 is 0 Å².